The van der Waals surface area contributed by atoms with Gasteiger partial charge in [-0.2, -0.15) is 5.26 Å². The third-order valence-electron chi connectivity index (χ3n) is 13.2. The number of H-pyrrole nitrogens is 1. The standard InChI is InChI=1S/C45H49N7O4S/c1-4-28-23-32-34(45(2,3)42-40(41(32)54)31-9-8-27(25-46)22-35(31)47-42)24-37(28)51-14-12-29(13-15-51)50-18-16-49(17-19-50)20-21-57-38-7-5-6-30-33(38)26-52(44(30)56)36-10-11-39(53)48-43(36)55/h5-9,22-24,29,36,47H,4,10-21,26H2,1-3H3,(H,48,53,55). The molecule has 9 rings (SSSR count). The molecule has 57 heavy (non-hydrogen) atoms. The number of rotatable bonds is 8. The highest BCUT2D eigenvalue weighted by Gasteiger charge is 2.42. The molecule has 1 atom stereocenters. The fourth-order valence-corrected chi connectivity index (χ4v) is 11.1. The maximum absolute atomic E-state index is 14.1. The lowest BCUT2D eigenvalue weighted by molar-refractivity contribution is -0.136. The number of ketones is 1. The minimum atomic E-state index is -0.599. The minimum absolute atomic E-state index is 0.0615. The second kappa shape index (κ2) is 14.8. The van der Waals surface area contributed by atoms with Gasteiger partial charge in [-0.3, -0.25) is 34.3 Å². The Morgan fingerprint density at radius 2 is 1.72 bits per heavy atom. The van der Waals surface area contributed by atoms with Gasteiger partial charge in [0.05, 0.1) is 17.2 Å². The Balaban J connectivity index is 0.796. The first kappa shape index (κ1) is 37.6. The molecule has 3 aromatic carbocycles. The molecule has 1 unspecified atom stereocenters. The first-order valence-electron chi connectivity index (χ1n) is 20.4. The summed E-state index contributed by atoms with van der Waals surface area (Å²) in [4.78, 5) is 65.6. The molecule has 5 heterocycles. The highest BCUT2D eigenvalue weighted by Crippen LogP contribution is 2.46. The van der Waals surface area contributed by atoms with E-state index in [1.807, 2.05) is 24.3 Å². The van der Waals surface area contributed by atoms with Gasteiger partial charge in [0.15, 0.2) is 5.78 Å². The minimum Gasteiger partial charge on any atom is -0.371 e. The SMILES string of the molecule is CCc1cc2c(cc1N1CCC(N3CCN(CCSc4cccc5c4CN(C4CCC(=O)NC4=O)C5=O)CC3)CC1)C(C)(C)c1[nH]c3cc(C#N)ccc3c1C2=O. The van der Waals surface area contributed by atoms with Crippen molar-refractivity contribution in [3.8, 4) is 6.07 Å². The maximum Gasteiger partial charge on any atom is 0.255 e. The van der Waals surface area contributed by atoms with E-state index in [0.717, 1.165) is 115 Å². The summed E-state index contributed by atoms with van der Waals surface area (Å²) < 4.78 is 0. The zero-order valence-corrected chi connectivity index (χ0v) is 33.8. The summed E-state index contributed by atoms with van der Waals surface area (Å²) in [6, 6.07) is 18.0. The molecule has 1 aliphatic carbocycles. The molecule has 4 aromatic rings. The number of carbonyl (C=O) groups is 4. The number of nitrogens with one attached hydrogen (secondary N) is 2. The van der Waals surface area contributed by atoms with Crippen LogP contribution in [0.2, 0.25) is 0 Å². The zero-order valence-electron chi connectivity index (χ0n) is 33.0. The van der Waals surface area contributed by atoms with Gasteiger partial charge >= 0.3 is 0 Å². The quantitative estimate of drug-likeness (QED) is 0.173. The highest BCUT2D eigenvalue weighted by molar-refractivity contribution is 7.99. The number of benzene rings is 3. The number of carbonyl (C=O) groups excluding carboxylic acids is 4. The summed E-state index contributed by atoms with van der Waals surface area (Å²) in [6.45, 7) is 14.1. The van der Waals surface area contributed by atoms with Gasteiger partial charge in [0.1, 0.15) is 6.04 Å². The van der Waals surface area contributed by atoms with Crippen molar-refractivity contribution in [2.24, 2.45) is 0 Å². The number of thioether (sulfide) groups is 1. The van der Waals surface area contributed by atoms with E-state index in [2.05, 4.69) is 70.0 Å². The molecule has 294 valence electrons. The van der Waals surface area contributed by atoms with Gasteiger partial charge in [-0.05, 0) is 78.8 Å². The largest absolute Gasteiger partial charge is 0.371 e. The molecule has 4 aliphatic heterocycles. The number of anilines is 1. The van der Waals surface area contributed by atoms with Crippen LogP contribution < -0.4 is 10.2 Å². The molecule has 1 aromatic heterocycles. The van der Waals surface area contributed by atoms with Crippen molar-refractivity contribution in [2.75, 3.05) is 56.5 Å². The van der Waals surface area contributed by atoms with E-state index in [1.54, 1.807) is 22.7 Å². The number of hydrogen-bond donors (Lipinski definition) is 2. The number of piperidine rings is 2. The predicted octanol–water partition coefficient (Wildman–Crippen LogP) is 5.61. The molecule has 3 amide bonds. The van der Waals surface area contributed by atoms with Crippen molar-refractivity contribution in [1.82, 2.24) is 25.0 Å². The molecule has 11 nitrogen and oxygen atoms in total. The maximum atomic E-state index is 14.1. The lowest BCUT2D eigenvalue weighted by Crippen LogP contribution is -2.53. The number of hydrogen-bond acceptors (Lipinski definition) is 9. The second-order valence-electron chi connectivity index (χ2n) is 16.7. The van der Waals surface area contributed by atoms with E-state index in [4.69, 9.17) is 0 Å². The van der Waals surface area contributed by atoms with Crippen molar-refractivity contribution in [3.05, 3.63) is 93.2 Å². The zero-order chi connectivity index (χ0) is 39.6. The van der Waals surface area contributed by atoms with E-state index in [9.17, 15) is 24.4 Å². The molecule has 2 N–H and O–H groups in total. The highest BCUT2D eigenvalue weighted by atomic mass is 32.2. The molecule has 0 spiro atoms. The van der Waals surface area contributed by atoms with Crippen molar-refractivity contribution in [2.45, 2.75) is 81.8 Å². The third kappa shape index (κ3) is 6.54. The number of aromatic amines is 1. The van der Waals surface area contributed by atoms with Gasteiger partial charge in [-0.25, -0.2) is 0 Å². The first-order valence-corrected chi connectivity index (χ1v) is 21.4. The number of aryl methyl sites for hydroxylation is 1. The molecule has 0 bridgehead atoms. The van der Waals surface area contributed by atoms with Crippen LogP contribution in [-0.2, 0) is 28.0 Å². The Hall–Kier alpha value is -4.96. The van der Waals surface area contributed by atoms with Crippen molar-refractivity contribution in [3.63, 3.8) is 0 Å². The lowest BCUT2D eigenvalue weighted by atomic mass is 9.70. The van der Waals surface area contributed by atoms with Gasteiger partial charge in [0.2, 0.25) is 11.8 Å². The van der Waals surface area contributed by atoms with E-state index < -0.39 is 11.5 Å². The van der Waals surface area contributed by atoms with Crippen molar-refractivity contribution < 1.29 is 19.2 Å². The van der Waals surface area contributed by atoms with E-state index in [1.165, 1.54) is 11.3 Å². The lowest BCUT2D eigenvalue weighted by Gasteiger charge is -2.44. The Labute approximate surface area is 337 Å². The fraction of sp³-hybridized carbons (Fsp3) is 0.444. The summed E-state index contributed by atoms with van der Waals surface area (Å²) in [5.41, 5.74) is 8.66. The van der Waals surface area contributed by atoms with E-state index in [-0.39, 0.29) is 29.9 Å². The van der Waals surface area contributed by atoms with Crippen LogP contribution in [0.1, 0.15) is 101 Å². The topological polar surface area (TPSA) is 133 Å². The molecule has 5 aliphatic rings. The number of nitrogens with zero attached hydrogens (tertiary/aromatic N) is 5. The number of aromatic nitrogens is 1. The van der Waals surface area contributed by atoms with Crippen molar-refractivity contribution in [1.29, 1.82) is 5.26 Å². The number of piperazine rings is 1. The molecule has 0 saturated carbocycles. The van der Waals surface area contributed by atoms with E-state index in [0.29, 0.717) is 30.1 Å². The molecular formula is C45H49N7O4S. The smallest absolute Gasteiger partial charge is 0.255 e. The van der Waals surface area contributed by atoms with Crippen LogP contribution in [0.3, 0.4) is 0 Å². The van der Waals surface area contributed by atoms with Gasteiger partial charge in [-0.1, -0.05) is 32.9 Å². The number of imide groups is 1. The molecule has 0 radical (unpaired) electrons. The summed E-state index contributed by atoms with van der Waals surface area (Å²) in [5.74, 6) is 0.210. The van der Waals surface area contributed by atoms with Gasteiger partial charge in [0, 0.05) is 114 Å². The molecule has 3 fully saturated rings. The number of nitriles is 1. The van der Waals surface area contributed by atoms with Crippen LogP contribution in [0.15, 0.2) is 53.4 Å². The molecule has 12 heteroatoms. The number of fused-ring (bicyclic) bond motifs is 5. The first-order chi connectivity index (χ1) is 27.5. The summed E-state index contributed by atoms with van der Waals surface area (Å²) in [5, 5.41) is 12.8. The number of amides is 3. The van der Waals surface area contributed by atoms with Gasteiger partial charge in [0.25, 0.3) is 5.91 Å². The van der Waals surface area contributed by atoms with Crippen LogP contribution >= 0.6 is 11.8 Å². The average Bonchev–Trinajstić information content (AvgIpc) is 3.78. The molecule has 3 saturated heterocycles. The van der Waals surface area contributed by atoms with Crippen molar-refractivity contribution >= 4 is 51.9 Å². The van der Waals surface area contributed by atoms with Gasteiger partial charge < -0.3 is 14.8 Å². The van der Waals surface area contributed by atoms with E-state index >= 15 is 0 Å². The van der Waals surface area contributed by atoms with Crippen LogP contribution in [0.5, 0.6) is 0 Å². The summed E-state index contributed by atoms with van der Waals surface area (Å²) >= 11 is 1.78. The average molecular weight is 784 g/mol. The Morgan fingerprint density at radius 3 is 2.46 bits per heavy atom. The van der Waals surface area contributed by atoms with Crippen LogP contribution in [0.25, 0.3) is 10.9 Å². The predicted molar refractivity (Wildman–Crippen MR) is 221 cm³/mol. The Kier molecular flexibility index (Phi) is 9.74. The Morgan fingerprint density at radius 1 is 0.930 bits per heavy atom. The molecular weight excluding hydrogens is 735 g/mol. The van der Waals surface area contributed by atoms with Crippen LogP contribution in [0, 0.1) is 11.3 Å². The Bertz CT molecular complexity index is 2360. The van der Waals surface area contributed by atoms with Gasteiger partial charge in [-0.15, -0.1) is 11.8 Å². The normalized spacial score (nSPS) is 21.4. The second-order valence-corrected chi connectivity index (χ2v) is 17.8. The van der Waals surface area contributed by atoms with Crippen LogP contribution in [-0.4, -0.2) is 107 Å². The monoisotopic (exact) mass is 783 g/mol. The third-order valence-corrected chi connectivity index (χ3v) is 14.3. The fourth-order valence-electron chi connectivity index (χ4n) is 9.96. The summed E-state index contributed by atoms with van der Waals surface area (Å²) in [7, 11) is 0. The van der Waals surface area contributed by atoms with Crippen LogP contribution in [0.4, 0.5) is 5.69 Å². The summed E-state index contributed by atoms with van der Waals surface area (Å²) in [6.07, 6.45) is 3.70.